The fourth-order valence-corrected chi connectivity index (χ4v) is 1.73. The quantitative estimate of drug-likeness (QED) is 0.781. The average Bonchev–Trinajstić information content (AvgIpc) is 2.89. The average molecular weight is 209 g/mol. The molecular weight excluding hydrogens is 194 g/mol. The molecule has 0 atom stereocenters. The molecule has 1 aromatic heterocycles. The first-order chi connectivity index (χ1) is 7.20. The minimum Gasteiger partial charge on any atom is -0.481 e. The third kappa shape index (κ3) is 2.34. The van der Waals surface area contributed by atoms with Gasteiger partial charge in [0, 0.05) is 6.54 Å². The molecule has 1 fully saturated rings. The van der Waals surface area contributed by atoms with Crippen LogP contribution in [0.15, 0.2) is 0 Å². The van der Waals surface area contributed by atoms with E-state index in [0.29, 0.717) is 5.69 Å². The Hall–Kier alpha value is -1.39. The molecule has 15 heavy (non-hydrogen) atoms. The Morgan fingerprint density at radius 2 is 2.33 bits per heavy atom. The lowest BCUT2D eigenvalue weighted by Gasteiger charge is -2.03. The standard InChI is InChI=1S/C10H15N3O2/c1-2-9-8(5-10(14)15)11-12-13(9)6-7-3-4-7/h7H,2-6H2,1H3,(H,14,15). The highest BCUT2D eigenvalue weighted by atomic mass is 16.4. The summed E-state index contributed by atoms with van der Waals surface area (Å²) >= 11 is 0. The highest BCUT2D eigenvalue weighted by molar-refractivity contribution is 5.69. The summed E-state index contributed by atoms with van der Waals surface area (Å²) in [5.41, 5.74) is 1.59. The van der Waals surface area contributed by atoms with Crippen LogP contribution >= 0.6 is 0 Å². The van der Waals surface area contributed by atoms with Crippen molar-refractivity contribution in [2.75, 3.05) is 0 Å². The molecule has 0 bridgehead atoms. The smallest absolute Gasteiger partial charge is 0.309 e. The second kappa shape index (κ2) is 4.00. The van der Waals surface area contributed by atoms with E-state index in [4.69, 9.17) is 5.11 Å². The van der Waals surface area contributed by atoms with Gasteiger partial charge >= 0.3 is 5.97 Å². The summed E-state index contributed by atoms with van der Waals surface area (Å²) in [6.45, 7) is 2.91. The first-order valence-corrected chi connectivity index (χ1v) is 5.33. The second-order valence-electron chi connectivity index (χ2n) is 4.03. The van der Waals surface area contributed by atoms with Crippen LogP contribution in [0.1, 0.15) is 31.2 Å². The van der Waals surface area contributed by atoms with Gasteiger partial charge in [0.15, 0.2) is 0 Å². The molecule has 0 radical (unpaired) electrons. The Balaban J connectivity index is 2.15. The molecule has 5 heteroatoms. The number of rotatable bonds is 5. The first-order valence-electron chi connectivity index (χ1n) is 5.33. The number of hydrogen-bond acceptors (Lipinski definition) is 3. The zero-order chi connectivity index (χ0) is 10.8. The van der Waals surface area contributed by atoms with Crippen molar-refractivity contribution in [1.82, 2.24) is 15.0 Å². The van der Waals surface area contributed by atoms with Gasteiger partial charge in [-0.15, -0.1) is 5.10 Å². The molecule has 1 saturated carbocycles. The largest absolute Gasteiger partial charge is 0.481 e. The molecule has 1 heterocycles. The summed E-state index contributed by atoms with van der Waals surface area (Å²) < 4.78 is 1.87. The third-order valence-corrected chi connectivity index (χ3v) is 2.70. The summed E-state index contributed by atoms with van der Waals surface area (Å²) in [6, 6.07) is 0. The van der Waals surface area contributed by atoms with E-state index < -0.39 is 5.97 Å². The maximum atomic E-state index is 10.6. The van der Waals surface area contributed by atoms with Gasteiger partial charge in [-0.3, -0.25) is 4.79 Å². The Kier molecular flexibility index (Phi) is 2.70. The Morgan fingerprint density at radius 1 is 1.60 bits per heavy atom. The topological polar surface area (TPSA) is 68.0 Å². The SMILES string of the molecule is CCc1c(CC(=O)O)nnn1CC1CC1. The van der Waals surface area contributed by atoms with Gasteiger partial charge in [-0.05, 0) is 25.2 Å². The summed E-state index contributed by atoms with van der Waals surface area (Å²) in [7, 11) is 0. The van der Waals surface area contributed by atoms with E-state index in [1.165, 1.54) is 12.8 Å². The molecule has 1 aliphatic carbocycles. The van der Waals surface area contributed by atoms with Crippen LogP contribution in [0.5, 0.6) is 0 Å². The van der Waals surface area contributed by atoms with Crippen LogP contribution in [0.25, 0.3) is 0 Å². The first kappa shape index (κ1) is 10.1. The second-order valence-corrected chi connectivity index (χ2v) is 4.03. The van der Waals surface area contributed by atoms with Crippen LogP contribution in [0.3, 0.4) is 0 Å². The number of nitrogens with zero attached hydrogens (tertiary/aromatic N) is 3. The van der Waals surface area contributed by atoms with Crippen molar-refractivity contribution in [2.24, 2.45) is 5.92 Å². The van der Waals surface area contributed by atoms with Crippen LogP contribution in [0, 0.1) is 5.92 Å². The van der Waals surface area contributed by atoms with Crippen molar-refractivity contribution >= 4 is 5.97 Å². The molecule has 1 aliphatic rings. The van der Waals surface area contributed by atoms with E-state index in [2.05, 4.69) is 10.3 Å². The van der Waals surface area contributed by atoms with Gasteiger partial charge in [-0.1, -0.05) is 12.1 Å². The van der Waals surface area contributed by atoms with Crippen LogP contribution in [0.2, 0.25) is 0 Å². The minimum atomic E-state index is -0.844. The predicted molar refractivity (Wildman–Crippen MR) is 53.5 cm³/mol. The number of aliphatic carboxylic acids is 1. The van der Waals surface area contributed by atoms with E-state index in [0.717, 1.165) is 24.6 Å². The van der Waals surface area contributed by atoms with Crippen LogP contribution < -0.4 is 0 Å². The van der Waals surface area contributed by atoms with Gasteiger partial charge < -0.3 is 5.11 Å². The minimum absolute atomic E-state index is 0.0200. The highest BCUT2D eigenvalue weighted by Gasteiger charge is 2.24. The summed E-state index contributed by atoms with van der Waals surface area (Å²) in [5.74, 6) is -0.113. The molecule has 82 valence electrons. The number of hydrogen-bond donors (Lipinski definition) is 1. The lowest BCUT2D eigenvalue weighted by atomic mass is 10.2. The number of carbonyl (C=O) groups is 1. The molecule has 5 nitrogen and oxygen atoms in total. The maximum absolute atomic E-state index is 10.6. The van der Waals surface area contributed by atoms with Gasteiger partial charge in [-0.2, -0.15) is 0 Å². The fourth-order valence-electron chi connectivity index (χ4n) is 1.73. The zero-order valence-corrected chi connectivity index (χ0v) is 8.81. The van der Waals surface area contributed by atoms with Gasteiger partial charge in [0.1, 0.15) is 0 Å². The van der Waals surface area contributed by atoms with Crippen molar-refractivity contribution in [3.05, 3.63) is 11.4 Å². The van der Waals surface area contributed by atoms with Crippen molar-refractivity contribution in [3.63, 3.8) is 0 Å². The van der Waals surface area contributed by atoms with E-state index in [9.17, 15) is 4.79 Å². The lowest BCUT2D eigenvalue weighted by molar-refractivity contribution is -0.136. The molecule has 1 N–H and O–H groups in total. The third-order valence-electron chi connectivity index (χ3n) is 2.70. The van der Waals surface area contributed by atoms with Gasteiger partial charge in [0.2, 0.25) is 0 Å². The fraction of sp³-hybridized carbons (Fsp3) is 0.700. The van der Waals surface area contributed by atoms with E-state index >= 15 is 0 Å². The Bertz CT molecular complexity index is 369. The maximum Gasteiger partial charge on any atom is 0.309 e. The van der Waals surface area contributed by atoms with E-state index in [-0.39, 0.29) is 6.42 Å². The zero-order valence-electron chi connectivity index (χ0n) is 8.81. The Labute approximate surface area is 88.1 Å². The molecule has 0 spiro atoms. The molecule has 0 aromatic carbocycles. The summed E-state index contributed by atoms with van der Waals surface area (Å²) in [5, 5.41) is 16.7. The normalized spacial score (nSPS) is 15.5. The molecular formula is C10H15N3O2. The Morgan fingerprint density at radius 3 is 2.87 bits per heavy atom. The molecule has 0 amide bonds. The number of aromatic nitrogens is 3. The van der Waals surface area contributed by atoms with Crippen LogP contribution in [-0.2, 0) is 24.2 Å². The van der Waals surface area contributed by atoms with E-state index in [1.807, 2.05) is 11.6 Å². The highest BCUT2D eigenvalue weighted by Crippen LogP contribution is 2.30. The molecule has 0 aliphatic heterocycles. The van der Waals surface area contributed by atoms with Gasteiger partial charge in [-0.25, -0.2) is 4.68 Å². The monoisotopic (exact) mass is 209 g/mol. The van der Waals surface area contributed by atoms with Crippen LogP contribution in [0.4, 0.5) is 0 Å². The lowest BCUT2D eigenvalue weighted by Crippen LogP contribution is -2.08. The van der Waals surface area contributed by atoms with Gasteiger partial charge in [0.05, 0.1) is 17.8 Å². The van der Waals surface area contributed by atoms with Gasteiger partial charge in [0.25, 0.3) is 0 Å². The molecule has 0 unspecified atom stereocenters. The van der Waals surface area contributed by atoms with Crippen molar-refractivity contribution in [3.8, 4) is 0 Å². The predicted octanol–water partition coefficient (Wildman–Crippen LogP) is 0.878. The summed E-state index contributed by atoms with van der Waals surface area (Å²) in [6.07, 6.45) is 3.30. The van der Waals surface area contributed by atoms with Crippen molar-refractivity contribution in [2.45, 2.75) is 39.2 Å². The molecule has 0 saturated heterocycles. The van der Waals surface area contributed by atoms with Crippen molar-refractivity contribution < 1.29 is 9.90 Å². The number of carboxylic acid groups (broad SMARTS) is 1. The van der Waals surface area contributed by atoms with Crippen LogP contribution in [-0.4, -0.2) is 26.1 Å². The molecule has 1 aromatic rings. The molecule has 2 rings (SSSR count). The van der Waals surface area contributed by atoms with E-state index in [1.54, 1.807) is 0 Å². The number of carboxylic acids is 1. The summed E-state index contributed by atoms with van der Waals surface area (Å²) in [4.78, 5) is 10.6. The van der Waals surface area contributed by atoms with Crippen molar-refractivity contribution in [1.29, 1.82) is 0 Å².